The second-order valence-electron chi connectivity index (χ2n) is 9.65. The minimum Gasteiger partial charge on any atom is -0.489 e. The van der Waals surface area contributed by atoms with E-state index in [1.807, 2.05) is 0 Å². The lowest BCUT2D eigenvalue weighted by Crippen LogP contribution is -2.32. The first-order valence-electron chi connectivity index (χ1n) is 12.9. The van der Waals surface area contributed by atoms with Gasteiger partial charge in [-0.15, -0.1) is 11.3 Å². The monoisotopic (exact) mass is 645 g/mol. The van der Waals surface area contributed by atoms with Crippen LogP contribution in [0.15, 0.2) is 41.3 Å². The average Bonchev–Trinajstić information content (AvgIpc) is 3.24. The standard InChI is InChI=1S/C27H30F3N3O6S3/c1-38-12-13-39-24-16-19(42(31,36)37)7-8-22(24)32-11-3-6-25-21(17-27(28,29)30)20-4-2-5-23(26(20)40-25)33-18-9-14-41(34,35)15-10-18/h2,4-5,7-8,16,18,32-33H,9-15,17H2,1H3,(H2,31,36,37). The highest BCUT2D eigenvalue weighted by Crippen LogP contribution is 2.39. The number of primary sulfonamides is 1. The molecule has 1 aliphatic rings. The van der Waals surface area contributed by atoms with E-state index in [2.05, 4.69) is 22.5 Å². The SMILES string of the molecule is COCCOc1cc(S(N)(=O)=O)ccc1NCC#Cc1sc2c(NC3CCS(=O)(=O)CC3)cccc2c1CC(F)(F)F. The van der Waals surface area contributed by atoms with Crippen LogP contribution in [0.2, 0.25) is 0 Å². The third-order valence-corrected chi connectivity index (χ3v) is 10.3. The number of hydrogen-bond donors (Lipinski definition) is 3. The number of hydrogen-bond acceptors (Lipinski definition) is 9. The van der Waals surface area contributed by atoms with E-state index in [4.69, 9.17) is 14.6 Å². The summed E-state index contributed by atoms with van der Waals surface area (Å²) in [7, 11) is -5.54. The highest BCUT2D eigenvalue weighted by Gasteiger charge is 2.31. The number of nitrogens with two attached hydrogens (primary N) is 1. The summed E-state index contributed by atoms with van der Waals surface area (Å²) in [6.45, 7) is 0.417. The zero-order chi connectivity index (χ0) is 30.5. The number of nitrogens with one attached hydrogen (secondary N) is 2. The molecule has 0 aliphatic carbocycles. The zero-order valence-corrected chi connectivity index (χ0v) is 25.0. The van der Waals surface area contributed by atoms with Gasteiger partial charge in [0.2, 0.25) is 10.0 Å². The minimum absolute atomic E-state index is 0.0245. The van der Waals surface area contributed by atoms with E-state index >= 15 is 0 Å². The number of thiophene rings is 1. The summed E-state index contributed by atoms with van der Waals surface area (Å²) >= 11 is 1.15. The van der Waals surface area contributed by atoms with Crippen molar-refractivity contribution in [3.8, 4) is 17.6 Å². The minimum atomic E-state index is -4.45. The number of fused-ring (bicyclic) bond motifs is 1. The summed E-state index contributed by atoms with van der Waals surface area (Å²) in [6, 6.07) is 9.01. The average molecular weight is 646 g/mol. The number of methoxy groups -OCH3 is 1. The van der Waals surface area contributed by atoms with Crippen LogP contribution in [0.25, 0.3) is 10.1 Å². The Bertz CT molecular complexity index is 1700. The molecule has 2 heterocycles. The molecule has 0 unspecified atom stereocenters. The molecule has 2 aromatic carbocycles. The summed E-state index contributed by atoms with van der Waals surface area (Å²) in [5.74, 6) is 6.06. The maximum absolute atomic E-state index is 13.6. The second-order valence-corrected chi connectivity index (χ2v) is 14.5. The number of ether oxygens (including phenoxy) is 2. The molecule has 1 aromatic heterocycles. The van der Waals surface area contributed by atoms with Gasteiger partial charge in [0.25, 0.3) is 0 Å². The molecular formula is C27H30F3N3O6S3. The van der Waals surface area contributed by atoms with Crippen molar-refractivity contribution in [2.24, 2.45) is 5.14 Å². The summed E-state index contributed by atoms with van der Waals surface area (Å²) < 4.78 is 99.0. The fourth-order valence-electron chi connectivity index (χ4n) is 4.46. The molecule has 0 bridgehead atoms. The molecule has 0 amide bonds. The Labute approximate surface area is 246 Å². The molecule has 15 heteroatoms. The fourth-order valence-corrected chi connectivity index (χ4v) is 7.65. The van der Waals surface area contributed by atoms with Crippen molar-refractivity contribution >= 4 is 52.7 Å². The molecule has 1 saturated heterocycles. The van der Waals surface area contributed by atoms with Gasteiger partial charge in [-0.05, 0) is 42.0 Å². The molecular weight excluding hydrogens is 616 g/mol. The Morgan fingerprint density at radius 2 is 1.86 bits per heavy atom. The smallest absolute Gasteiger partial charge is 0.393 e. The van der Waals surface area contributed by atoms with E-state index in [-0.39, 0.29) is 58.4 Å². The van der Waals surface area contributed by atoms with Crippen molar-refractivity contribution in [3.05, 3.63) is 46.8 Å². The van der Waals surface area contributed by atoms with Gasteiger partial charge in [-0.1, -0.05) is 24.0 Å². The van der Waals surface area contributed by atoms with Crippen molar-refractivity contribution in [2.75, 3.05) is 49.0 Å². The maximum Gasteiger partial charge on any atom is 0.393 e. The van der Waals surface area contributed by atoms with Crippen LogP contribution in [0.5, 0.6) is 5.75 Å². The summed E-state index contributed by atoms with van der Waals surface area (Å²) in [6.07, 6.45) is -4.76. The van der Waals surface area contributed by atoms with Gasteiger partial charge in [-0.25, -0.2) is 22.0 Å². The van der Waals surface area contributed by atoms with Crippen LogP contribution in [0.4, 0.5) is 24.5 Å². The van der Waals surface area contributed by atoms with Crippen LogP contribution < -0.4 is 20.5 Å². The van der Waals surface area contributed by atoms with E-state index < -0.39 is 32.5 Å². The van der Waals surface area contributed by atoms with E-state index in [1.165, 1.54) is 25.3 Å². The number of halogens is 3. The Kier molecular flexibility index (Phi) is 9.94. The lowest BCUT2D eigenvalue weighted by atomic mass is 10.1. The Morgan fingerprint density at radius 1 is 1.12 bits per heavy atom. The Hall–Kier alpha value is -3.03. The number of alkyl halides is 3. The molecule has 9 nitrogen and oxygen atoms in total. The van der Waals surface area contributed by atoms with Gasteiger partial charge in [0.05, 0.1) is 56.9 Å². The van der Waals surface area contributed by atoms with Crippen molar-refractivity contribution in [3.63, 3.8) is 0 Å². The van der Waals surface area contributed by atoms with Gasteiger partial charge in [-0.2, -0.15) is 13.2 Å². The van der Waals surface area contributed by atoms with Gasteiger partial charge in [0.1, 0.15) is 22.2 Å². The number of rotatable bonds is 10. The van der Waals surface area contributed by atoms with Gasteiger partial charge >= 0.3 is 6.18 Å². The molecule has 1 fully saturated rings. The summed E-state index contributed by atoms with van der Waals surface area (Å²) in [5.41, 5.74) is 1.13. The van der Waals surface area contributed by atoms with Crippen molar-refractivity contribution in [2.45, 2.75) is 36.4 Å². The fraction of sp³-hybridized carbons (Fsp3) is 0.407. The van der Waals surface area contributed by atoms with Crippen LogP contribution in [0, 0.1) is 11.8 Å². The highest BCUT2D eigenvalue weighted by molar-refractivity contribution is 7.91. The highest BCUT2D eigenvalue weighted by atomic mass is 32.2. The quantitative estimate of drug-likeness (QED) is 0.221. The molecule has 0 atom stereocenters. The molecule has 1 aliphatic heterocycles. The third-order valence-electron chi connectivity index (χ3n) is 6.51. The van der Waals surface area contributed by atoms with E-state index in [9.17, 15) is 30.0 Å². The number of benzene rings is 2. The lowest BCUT2D eigenvalue weighted by molar-refractivity contribution is -0.126. The van der Waals surface area contributed by atoms with Crippen LogP contribution in [0.1, 0.15) is 23.3 Å². The maximum atomic E-state index is 13.6. The van der Waals surface area contributed by atoms with Gasteiger partial charge < -0.3 is 20.1 Å². The van der Waals surface area contributed by atoms with Crippen LogP contribution >= 0.6 is 11.3 Å². The van der Waals surface area contributed by atoms with Crippen LogP contribution in [-0.4, -0.2) is 67.4 Å². The predicted molar refractivity (Wildman–Crippen MR) is 157 cm³/mol. The summed E-state index contributed by atoms with van der Waals surface area (Å²) in [4.78, 5) is 0.124. The van der Waals surface area contributed by atoms with E-state index in [0.29, 0.717) is 34.3 Å². The largest absolute Gasteiger partial charge is 0.489 e. The van der Waals surface area contributed by atoms with Crippen molar-refractivity contribution in [1.82, 2.24) is 0 Å². The third kappa shape index (κ3) is 8.51. The molecule has 4 N–H and O–H groups in total. The number of anilines is 2. The first-order valence-corrected chi connectivity index (χ1v) is 17.0. The molecule has 4 rings (SSSR count). The molecule has 3 aromatic rings. The normalized spacial score (nSPS) is 15.6. The van der Waals surface area contributed by atoms with E-state index in [1.54, 1.807) is 18.2 Å². The zero-order valence-electron chi connectivity index (χ0n) is 22.6. The molecule has 228 valence electrons. The van der Waals surface area contributed by atoms with Gasteiger partial charge in [-0.3, -0.25) is 0 Å². The first-order chi connectivity index (χ1) is 19.8. The summed E-state index contributed by atoms with van der Waals surface area (Å²) in [5, 5.41) is 12.0. The lowest BCUT2D eigenvalue weighted by Gasteiger charge is -2.24. The second kappa shape index (κ2) is 13.1. The Balaban J connectivity index is 1.59. The van der Waals surface area contributed by atoms with E-state index in [0.717, 1.165) is 11.3 Å². The number of sulfone groups is 1. The molecule has 0 spiro atoms. The number of sulfonamides is 1. The van der Waals surface area contributed by atoms with Crippen LogP contribution in [0.3, 0.4) is 0 Å². The van der Waals surface area contributed by atoms with Crippen LogP contribution in [-0.2, 0) is 31.0 Å². The topological polar surface area (TPSA) is 137 Å². The molecule has 0 radical (unpaired) electrons. The Morgan fingerprint density at radius 3 is 2.52 bits per heavy atom. The van der Waals surface area contributed by atoms with Gasteiger partial charge in [0, 0.05) is 19.2 Å². The van der Waals surface area contributed by atoms with Crippen molar-refractivity contribution in [1.29, 1.82) is 0 Å². The van der Waals surface area contributed by atoms with Gasteiger partial charge in [0.15, 0.2) is 0 Å². The molecule has 0 saturated carbocycles. The first kappa shape index (κ1) is 31.9. The predicted octanol–water partition coefficient (Wildman–Crippen LogP) is 4.13. The van der Waals surface area contributed by atoms with Crippen molar-refractivity contribution < 1.29 is 39.5 Å². The molecule has 42 heavy (non-hydrogen) atoms.